The second-order valence-electron chi connectivity index (χ2n) is 4.41. The van der Waals surface area contributed by atoms with Gasteiger partial charge in [-0.05, 0) is 43.2 Å². The summed E-state index contributed by atoms with van der Waals surface area (Å²) in [4.78, 5) is 15.4. The highest BCUT2D eigenvalue weighted by Crippen LogP contribution is 2.07. The number of nitrogens with zero attached hydrogens (tertiary/aromatic N) is 1. The van der Waals surface area contributed by atoms with E-state index in [1.165, 1.54) is 0 Å². The summed E-state index contributed by atoms with van der Waals surface area (Å²) in [6, 6.07) is 13.2. The Bertz CT molecular complexity index is 581. The van der Waals surface area contributed by atoms with E-state index in [0.717, 1.165) is 30.0 Å². The first-order valence-electron chi connectivity index (χ1n) is 6.21. The fourth-order valence-corrected chi connectivity index (χ4v) is 1.86. The molecule has 1 aromatic heterocycles. The number of aromatic nitrogens is 1. The molecule has 0 atom stereocenters. The number of hydrogen-bond donors (Lipinski definition) is 2. The number of pyridine rings is 1. The molecular formula is C15H17N3O. The van der Waals surface area contributed by atoms with Crippen molar-refractivity contribution in [1.29, 1.82) is 0 Å². The van der Waals surface area contributed by atoms with Crippen LogP contribution in [0, 0.1) is 6.92 Å². The van der Waals surface area contributed by atoms with E-state index >= 15 is 0 Å². The molecular weight excluding hydrogens is 238 g/mol. The Labute approximate surface area is 112 Å². The molecule has 1 aromatic carbocycles. The van der Waals surface area contributed by atoms with Crippen LogP contribution in [-0.2, 0) is 6.42 Å². The monoisotopic (exact) mass is 255 g/mol. The molecule has 2 aromatic rings. The normalized spacial score (nSPS) is 10.2. The first-order valence-corrected chi connectivity index (χ1v) is 6.21. The minimum Gasteiger partial charge on any atom is -0.370 e. The van der Waals surface area contributed by atoms with Gasteiger partial charge in [-0.15, -0.1) is 0 Å². The average Bonchev–Trinajstić information content (AvgIpc) is 2.39. The summed E-state index contributed by atoms with van der Waals surface area (Å²) in [6.45, 7) is 2.72. The molecule has 4 heteroatoms. The molecule has 1 heterocycles. The molecule has 0 bridgehead atoms. The van der Waals surface area contributed by atoms with E-state index in [-0.39, 0.29) is 0 Å². The van der Waals surface area contributed by atoms with Gasteiger partial charge in [-0.3, -0.25) is 4.79 Å². The summed E-state index contributed by atoms with van der Waals surface area (Å²) in [5.74, 6) is 0.473. The number of carbonyl (C=O) groups excluding carboxylic acids is 1. The van der Waals surface area contributed by atoms with E-state index < -0.39 is 5.91 Å². The molecule has 3 N–H and O–H groups in total. The number of carbonyl (C=O) groups is 1. The summed E-state index contributed by atoms with van der Waals surface area (Å²) in [7, 11) is 0. The van der Waals surface area contributed by atoms with Gasteiger partial charge in [0.25, 0.3) is 0 Å². The third-order valence-electron chi connectivity index (χ3n) is 2.82. The summed E-state index contributed by atoms with van der Waals surface area (Å²) >= 11 is 0. The number of anilines is 1. The van der Waals surface area contributed by atoms with Crippen molar-refractivity contribution in [3.8, 4) is 0 Å². The Hall–Kier alpha value is -2.36. The summed E-state index contributed by atoms with van der Waals surface area (Å²) in [6.07, 6.45) is 0.816. The second kappa shape index (κ2) is 6.00. The zero-order valence-electron chi connectivity index (χ0n) is 10.9. The van der Waals surface area contributed by atoms with Gasteiger partial charge in [0.1, 0.15) is 5.82 Å². The molecule has 1 amide bonds. The number of nitrogens with two attached hydrogens (primary N) is 1. The largest absolute Gasteiger partial charge is 0.370 e. The van der Waals surface area contributed by atoms with E-state index in [0.29, 0.717) is 5.56 Å². The molecule has 0 saturated heterocycles. The predicted molar refractivity (Wildman–Crippen MR) is 76.1 cm³/mol. The van der Waals surface area contributed by atoms with E-state index in [1.54, 1.807) is 6.07 Å². The maximum Gasteiger partial charge on any atom is 0.248 e. The Balaban J connectivity index is 1.92. The SMILES string of the molecule is Cc1cccc(NCCc2cccc(C(N)=O)c2)n1. The molecule has 98 valence electrons. The maximum atomic E-state index is 11.1. The molecule has 0 aliphatic rings. The first kappa shape index (κ1) is 13.1. The van der Waals surface area contributed by atoms with Crippen LogP contribution in [0.4, 0.5) is 5.82 Å². The van der Waals surface area contributed by atoms with Gasteiger partial charge in [-0.2, -0.15) is 0 Å². The zero-order valence-corrected chi connectivity index (χ0v) is 10.9. The van der Waals surface area contributed by atoms with E-state index in [1.807, 2.05) is 43.3 Å². The number of hydrogen-bond acceptors (Lipinski definition) is 3. The minimum absolute atomic E-state index is 0.393. The molecule has 0 aliphatic carbocycles. The molecule has 0 aliphatic heterocycles. The number of primary amides is 1. The highest BCUT2D eigenvalue weighted by molar-refractivity contribution is 5.92. The van der Waals surface area contributed by atoms with Gasteiger partial charge in [0.2, 0.25) is 5.91 Å². The zero-order chi connectivity index (χ0) is 13.7. The summed E-state index contributed by atoms with van der Waals surface area (Å²) in [5.41, 5.74) is 7.87. The first-order chi connectivity index (χ1) is 9.15. The van der Waals surface area contributed by atoms with Gasteiger partial charge < -0.3 is 11.1 Å². The standard InChI is InChI=1S/C15H17N3O/c1-11-4-2-7-14(18-11)17-9-8-12-5-3-6-13(10-12)15(16)19/h2-7,10H,8-9H2,1H3,(H2,16,19)(H,17,18). The molecule has 0 radical (unpaired) electrons. The molecule has 0 fully saturated rings. The molecule has 19 heavy (non-hydrogen) atoms. The van der Waals surface area contributed by atoms with Crippen LogP contribution in [0.1, 0.15) is 21.6 Å². The Morgan fingerprint density at radius 1 is 1.26 bits per heavy atom. The smallest absolute Gasteiger partial charge is 0.248 e. The number of benzene rings is 1. The Morgan fingerprint density at radius 3 is 2.79 bits per heavy atom. The Morgan fingerprint density at radius 2 is 2.05 bits per heavy atom. The molecule has 4 nitrogen and oxygen atoms in total. The van der Waals surface area contributed by atoms with E-state index in [9.17, 15) is 4.79 Å². The average molecular weight is 255 g/mol. The lowest BCUT2D eigenvalue weighted by Crippen LogP contribution is -2.12. The molecule has 0 unspecified atom stereocenters. The third-order valence-corrected chi connectivity index (χ3v) is 2.82. The van der Waals surface area contributed by atoms with Gasteiger partial charge in [-0.25, -0.2) is 4.98 Å². The van der Waals surface area contributed by atoms with Crippen LogP contribution in [0.2, 0.25) is 0 Å². The van der Waals surface area contributed by atoms with Crippen molar-refractivity contribution in [1.82, 2.24) is 4.98 Å². The van der Waals surface area contributed by atoms with Crippen LogP contribution >= 0.6 is 0 Å². The highest BCUT2D eigenvalue weighted by atomic mass is 16.1. The van der Waals surface area contributed by atoms with Gasteiger partial charge in [0, 0.05) is 17.8 Å². The van der Waals surface area contributed by atoms with Crippen LogP contribution in [0.3, 0.4) is 0 Å². The van der Waals surface area contributed by atoms with Gasteiger partial charge in [-0.1, -0.05) is 18.2 Å². The van der Waals surface area contributed by atoms with Crippen molar-refractivity contribution in [2.24, 2.45) is 5.73 Å². The van der Waals surface area contributed by atoms with Gasteiger partial charge in [0.15, 0.2) is 0 Å². The quantitative estimate of drug-likeness (QED) is 0.860. The molecule has 2 rings (SSSR count). The number of amides is 1. The second-order valence-corrected chi connectivity index (χ2v) is 4.41. The van der Waals surface area contributed by atoms with Crippen molar-refractivity contribution < 1.29 is 4.79 Å². The number of rotatable bonds is 5. The third kappa shape index (κ3) is 3.81. The van der Waals surface area contributed by atoms with E-state index in [2.05, 4.69) is 10.3 Å². The van der Waals surface area contributed by atoms with Gasteiger partial charge >= 0.3 is 0 Å². The van der Waals surface area contributed by atoms with Crippen molar-refractivity contribution in [3.63, 3.8) is 0 Å². The number of nitrogens with one attached hydrogen (secondary N) is 1. The summed E-state index contributed by atoms with van der Waals surface area (Å²) < 4.78 is 0. The van der Waals surface area contributed by atoms with Crippen LogP contribution < -0.4 is 11.1 Å². The van der Waals surface area contributed by atoms with Gasteiger partial charge in [0.05, 0.1) is 0 Å². The minimum atomic E-state index is -0.393. The number of aryl methyl sites for hydroxylation is 1. The molecule has 0 saturated carbocycles. The van der Waals surface area contributed by atoms with Crippen LogP contribution in [0.5, 0.6) is 0 Å². The van der Waals surface area contributed by atoms with Crippen molar-refractivity contribution in [2.75, 3.05) is 11.9 Å². The maximum absolute atomic E-state index is 11.1. The molecule has 0 spiro atoms. The highest BCUT2D eigenvalue weighted by Gasteiger charge is 2.01. The van der Waals surface area contributed by atoms with Crippen LogP contribution in [-0.4, -0.2) is 17.4 Å². The fourth-order valence-electron chi connectivity index (χ4n) is 1.86. The Kier molecular flexibility index (Phi) is 4.13. The van der Waals surface area contributed by atoms with Crippen molar-refractivity contribution >= 4 is 11.7 Å². The van der Waals surface area contributed by atoms with E-state index in [4.69, 9.17) is 5.73 Å². The lowest BCUT2D eigenvalue weighted by molar-refractivity contribution is 0.1000. The lowest BCUT2D eigenvalue weighted by Gasteiger charge is -2.07. The van der Waals surface area contributed by atoms with Crippen molar-refractivity contribution in [3.05, 3.63) is 59.3 Å². The topological polar surface area (TPSA) is 68.0 Å². The van der Waals surface area contributed by atoms with Crippen molar-refractivity contribution in [2.45, 2.75) is 13.3 Å². The predicted octanol–water partition coefficient (Wildman–Crippen LogP) is 2.14. The fraction of sp³-hybridized carbons (Fsp3) is 0.200. The summed E-state index contributed by atoms with van der Waals surface area (Å²) in [5, 5.41) is 3.26. The lowest BCUT2D eigenvalue weighted by atomic mass is 10.1. The van der Waals surface area contributed by atoms with Crippen LogP contribution in [0.15, 0.2) is 42.5 Å². The van der Waals surface area contributed by atoms with Crippen LogP contribution in [0.25, 0.3) is 0 Å².